The quantitative estimate of drug-likeness (QED) is 0.344. The average Bonchev–Trinajstić information content (AvgIpc) is 3.11. The zero-order valence-corrected chi connectivity index (χ0v) is 17.2. The third-order valence-electron chi connectivity index (χ3n) is 4.45. The first kappa shape index (κ1) is 22.3. The second-order valence-electron chi connectivity index (χ2n) is 7.03. The van der Waals surface area contributed by atoms with Crippen LogP contribution in [0.2, 0.25) is 0 Å². The van der Waals surface area contributed by atoms with Gasteiger partial charge in [-0.15, -0.1) is 0 Å². The fourth-order valence-electron chi connectivity index (χ4n) is 2.75. The number of hydrogen-bond acceptors (Lipinski definition) is 6. The minimum absolute atomic E-state index is 0.0314. The van der Waals surface area contributed by atoms with Gasteiger partial charge in [0.1, 0.15) is 0 Å². The Bertz CT molecular complexity index is 826. The number of rotatable bonds is 11. The summed E-state index contributed by atoms with van der Waals surface area (Å²) in [6.45, 7) is 5.34. The molecule has 0 saturated heterocycles. The molecule has 0 aliphatic rings. The highest BCUT2D eigenvalue weighted by molar-refractivity contribution is 5.98. The summed E-state index contributed by atoms with van der Waals surface area (Å²) in [5, 5.41) is 6.13. The molecule has 0 saturated carbocycles. The summed E-state index contributed by atoms with van der Waals surface area (Å²) >= 11 is 0. The summed E-state index contributed by atoms with van der Waals surface area (Å²) in [5.41, 5.74) is 2.40. The first-order valence-electron chi connectivity index (χ1n) is 9.95. The smallest absolute Gasteiger partial charge is 0.307 e. The van der Waals surface area contributed by atoms with Crippen molar-refractivity contribution in [2.24, 2.45) is 0 Å². The van der Waals surface area contributed by atoms with E-state index in [1.54, 1.807) is 25.1 Å². The lowest BCUT2D eigenvalue weighted by Crippen LogP contribution is -2.30. The number of carbonyl (C=O) groups excluding carboxylic acids is 3. The van der Waals surface area contributed by atoms with Crippen molar-refractivity contribution in [1.29, 1.82) is 0 Å². The SMILES string of the molecule is CCCCCc1ccc(C(=O)CCC(=O)OC(C)C(=O)Nc2cc(C)no2)cc1. The Balaban J connectivity index is 1.74. The molecule has 1 unspecified atom stereocenters. The van der Waals surface area contributed by atoms with Gasteiger partial charge in [-0.2, -0.15) is 0 Å². The summed E-state index contributed by atoms with van der Waals surface area (Å²) < 4.78 is 9.97. The summed E-state index contributed by atoms with van der Waals surface area (Å²) in [6.07, 6.45) is 3.44. The molecular formula is C22H28N2O5. The van der Waals surface area contributed by atoms with Gasteiger partial charge in [-0.3, -0.25) is 19.7 Å². The predicted molar refractivity (Wildman–Crippen MR) is 109 cm³/mol. The number of Topliss-reactive ketones (excluding diaryl/α,β-unsaturated/α-hetero) is 1. The van der Waals surface area contributed by atoms with E-state index in [1.807, 2.05) is 12.1 Å². The number of aromatic nitrogens is 1. The molecule has 1 amide bonds. The van der Waals surface area contributed by atoms with Gasteiger partial charge >= 0.3 is 5.97 Å². The number of hydrogen-bond donors (Lipinski definition) is 1. The maximum Gasteiger partial charge on any atom is 0.307 e. The molecule has 0 radical (unpaired) electrons. The van der Waals surface area contributed by atoms with E-state index >= 15 is 0 Å². The van der Waals surface area contributed by atoms with Crippen molar-refractivity contribution in [3.63, 3.8) is 0 Å². The lowest BCUT2D eigenvalue weighted by atomic mass is 10.0. The van der Waals surface area contributed by atoms with Gasteiger partial charge in [-0.25, -0.2) is 0 Å². The second-order valence-corrected chi connectivity index (χ2v) is 7.03. The largest absolute Gasteiger partial charge is 0.453 e. The molecule has 0 aliphatic heterocycles. The molecule has 156 valence electrons. The Labute approximate surface area is 170 Å². The van der Waals surface area contributed by atoms with Crippen LogP contribution in [0.25, 0.3) is 0 Å². The number of amides is 1. The van der Waals surface area contributed by atoms with Crippen molar-refractivity contribution >= 4 is 23.5 Å². The van der Waals surface area contributed by atoms with E-state index in [-0.39, 0.29) is 24.5 Å². The third-order valence-corrected chi connectivity index (χ3v) is 4.45. The topological polar surface area (TPSA) is 98.5 Å². The minimum atomic E-state index is -1.01. The van der Waals surface area contributed by atoms with Crippen LogP contribution < -0.4 is 5.32 Å². The average molecular weight is 400 g/mol. The Morgan fingerprint density at radius 1 is 1.14 bits per heavy atom. The first-order valence-corrected chi connectivity index (χ1v) is 9.95. The fraction of sp³-hybridized carbons (Fsp3) is 0.455. The van der Waals surface area contributed by atoms with Gasteiger partial charge in [-0.1, -0.05) is 49.2 Å². The second kappa shape index (κ2) is 11.1. The number of nitrogens with one attached hydrogen (secondary N) is 1. The summed E-state index contributed by atoms with van der Waals surface area (Å²) in [6, 6.07) is 9.06. The van der Waals surface area contributed by atoms with E-state index in [1.165, 1.54) is 25.3 Å². The molecule has 7 nitrogen and oxygen atoms in total. The summed E-state index contributed by atoms with van der Waals surface area (Å²) in [7, 11) is 0. The van der Waals surface area contributed by atoms with E-state index in [2.05, 4.69) is 17.4 Å². The number of ether oxygens (including phenoxy) is 1. The highest BCUT2D eigenvalue weighted by Crippen LogP contribution is 2.13. The van der Waals surface area contributed by atoms with Gasteiger partial charge in [0, 0.05) is 18.1 Å². The van der Waals surface area contributed by atoms with Gasteiger partial charge in [0.25, 0.3) is 5.91 Å². The molecule has 0 aliphatic carbocycles. The van der Waals surface area contributed by atoms with Gasteiger partial charge in [-0.05, 0) is 32.3 Å². The van der Waals surface area contributed by atoms with Crippen LogP contribution in [0.15, 0.2) is 34.9 Å². The Hall–Kier alpha value is -2.96. The van der Waals surface area contributed by atoms with Crippen molar-refractivity contribution in [3.8, 4) is 0 Å². The van der Waals surface area contributed by atoms with Crippen LogP contribution in [0.3, 0.4) is 0 Å². The van der Waals surface area contributed by atoms with Crippen LogP contribution in [-0.4, -0.2) is 28.9 Å². The van der Waals surface area contributed by atoms with E-state index in [4.69, 9.17) is 9.26 Å². The van der Waals surface area contributed by atoms with E-state index < -0.39 is 18.0 Å². The zero-order valence-electron chi connectivity index (χ0n) is 17.2. The molecule has 0 spiro atoms. The van der Waals surface area contributed by atoms with Crippen molar-refractivity contribution < 1.29 is 23.6 Å². The van der Waals surface area contributed by atoms with Crippen LogP contribution in [0.1, 0.15) is 67.6 Å². The maximum absolute atomic E-state index is 12.3. The molecule has 7 heteroatoms. The molecule has 29 heavy (non-hydrogen) atoms. The van der Waals surface area contributed by atoms with Crippen LogP contribution in [0.4, 0.5) is 5.88 Å². The minimum Gasteiger partial charge on any atom is -0.453 e. The Morgan fingerprint density at radius 3 is 2.48 bits per heavy atom. The number of benzene rings is 1. The molecule has 0 bridgehead atoms. The zero-order chi connectivity index (χ0) is 21.2. The van der Waals surface area contributed by atoms with Gasteiger partial charge in [0.2, 0.25) is 5.88 Å². The number of ketones is 1. The molecular weight excluding hydrogens is 372 g/mol. The van der Waals surface area contributed by atoms with Crippen molar-refractivity contribution in [2.45, 2.75) is 65.4 Å². The normalized spacial score (nSPS) is 11.7. The number of carbonyl (C=O) groups is 3. The lowest BCUT2D eigenvalue weighted by Gasteiger charge is -2.12. The predicted octanol–water partition coefficient (Wildman–Crippen LogP) is 4.25. The van der Waals surface area contributed by atoms with Crippen LogP contribution in [-0.2, 0) is 20.7 Å². The molecule has 1 aromatic heterocycles. The monoisotopic (exact) mass is 400 g/mol. The first-order chi connectivity index (χ1) is 13.9. The lowest BCUT2D eigenvalue weighted by molar-refractivity contribution is -0.153. The molecule has 1 aromatic carbocycles. The molecule has 1 heterocycles. The van der Waals surface area contributed by atoms with E-state index in [0.29, 0.717) is 11.3 Å². The van der Waals surface area contributed by atoms with Crippen LogP contribution in [0.5, 0.6) is 0 Å². The Kier molecular flexibility index (Phi) is 8.58. The van der Waals surface area contributed by atoms with Crippen LogP contribution in [0, 0.1) is 6.92 Å². The van der Waals surface area contributed by atoms with Crippen LogP contribution >= 0.6 is 0 Å². The summed E-state index contributed by atoms with van der Waals surface area (Å²) in [5.74, 6) is -1.08. The number of unbranched alkanes of at least 4 members (excludes halogenated alkanes) is 2. The standard InChI is InChI=1S/C22H28N2O5/c1-4-5-6-7-17-8-10-18(11-9-17)19(25)12-13-21(26)28-16(3)22(27)23-20-14-15(2)24-29-20/h8-11,14,16H,4-7,12-13H2,1-3H3,(H,23,27). The number of aryl methyl sites for hydroxylation is 2. The Morgan fingerprint density at radius 2 is 1.86 bits per heavy atom. The molecule has 2 aromatic rings. The van der Waals surface area contributed by atoms with E-state index in [9.17, 15) is 14.4 Å². The highest BCUT2D eigenvalue weighted by atomic mass is 16.5. The molecule has 0 fully saturated rings. The maximum atomic E-state index is 12.3. The van der Waals surface area contributed by atoms with Gasteiger partial charge < -0.3 is 9.26 Å². The third kappa shape index (κ3) is 7.52. The van der Waals surface area contributed by atoms with Gasteiger partial charge in [0.05, 0.1) is 12.1 Å². The fourth-order valence-corrected chi connectivity index (χ4v) is 2.75. The number of esters is 1. The van der Waals surface area contributed by atoms with Crippen molar-refractivity contribution in [3.05, 3.63) is 47.2 Å². The van der Waals surface area contributed by atoms with Crippen molar-refractivity contribution in [1.82, 2.24) is 5.16 Å². The highest BCUT2D eigenvalue weighted by Gasteiger charge is 2.20. The summed E-state index contributed by atoms with van der Waals surface area (Å²) in [4.78, 5) is 36.2. The van der Waals surface area contributed by atoms with Gasteiger partial charge in [0.15, 0.2) is 11.9 Å². The molecule has 1 N–H and O–H groups in total. The van der Waals surface area contributed by atoms with E-state index in [0.717, 1.165) is 12.8 Å². The number of nitrogens with zero attached hydrogens (tertiary/aromatic N) is 1. The molecule has 2 rings (SSSR count). The van der Waals surface area contributed by atoms with Crippen molar-refractivity contribution in [2.75, 3.05) is 5.32 Å². The molecule has 1 atom stereocenters. The number of anilines is 1.